The molecule has 0 aromatic heterocycles. The second-order valence-corrected chi connectivity index (χ2v) is 7.96. The van der Waals surface area contributed by atoms with E-state index in [9.17, 15) is 9.59 Å². The minimum Gasteiger partial charge on any atom is -0.340 e. The lowest BCUT2D eigenvalue weighted by atomic mass is 9.82. The SMILES string of the molecule is CSCCCN1C(=O)C(C)(C2CC2)NC(=O)C12CCCC2. The van der Waals surface area contributed by atoms with Crippen LogP contribution in [0.1, 0.15) is 51.9 Å². The van der Waals surface area contributed by atoms with E-state index in [1.807, 2.05) is 11.8 Å². The second kappa shape index (κ2) is 5.49. The molecule has 4 nitrogen and oxygen atoms in total. The highest BCUT2D eigenvalue weighted by Crippen LogP contribution is 2.47. The van der Waals surface area contributed by atoms with E-state index in [0.29, 0.717) is 5.92 Å². The maximum atomic E-state index is 13.1. The van der Waals surface area contributed by atoms with Crippen molar-refractivity contribution < 1.29 is 9.59 Å². The van der Waals surface area contributed by atoms with Gasteiger partial charge in [-0.3, -0.25) is 9.59 Å². The highest BCUT2D eigenvalue weighted by atomic mass is 32.2. The quantitative estimate of drug-likeness (QED) is 0.792. The Morgan fingerprint density at radius 2 is 1.95 bits per heavy atom. The van der Waals surface area contributed by atoms with Gasteiger partial charge in [-0.05, 0) is 57.0 Å². The van der Waals surface area contributed by atoms with Crippen molar-refractivity contribution in [3.8, 4) is 0 Å². The number of amides is 2. The van der Waals surface area contributed by atoms with Gasteiger partial charge in [0.15, 0.2) is 0 Å². The lowest BCUT2D eigenvalue weighted by molar-refractivity contribution is -0.163. The monoisotopic (exact) mass is 310 g/mol. The molecular formula is C16H26N2O2S. The van der Waals surface area contributed by atoms with E-state index >= 15 is 0 Å². The topological polar surface area (TPSA) is 49.4 Å². The molecule has 5 heteroatoms. The van der Waals surface area contributed by atoms with Crippen LogP contribution < -0.4 is 5.32 Å². The fraction of sp³-hybridized carbons (Fsp3) is 0.875. The Morgan fingerprint density at radius 3 is 2.52 bits per heavy atom. The van der Waals surface area contributed by atoms with Gasteiger partial charge in [0.2, 0.25) is 11.8 Å². The molecule has 3 rings (SSSR count). The Balaban J connectivity index is 1.87. The number of hydrogen-bond acceptors (Lipinski definition) is 3. The molecule has 0 radical (unpaired) electrons. The fourth-order valence-electron chi connectivity index (χ4n) is 4.08. The molecule has 2 saturated carbocycles. The number of piperazine rings is 1. The Hall–Kier alpha value is -0.710. The van der Waals surface area contributed by atoms with Gasteiger partial charge in [-0.2, -0.15) is 11.8 Å². The van der Waals surface area contributed by atoms with Crippen molar-refractivity contribution >= 4 is 23.6 Å². The summed E-state index contributed by atoms with van der Waals surface area (Å²) in [6.07, 6.45) is 8.98. The van der Waals surface area contributed by atoms with Crippen LogP contribution in [0.5, 0.6) is 0 Å². The summed E-state index contributed by atoms with van der Waals surface area (Å²) < 4.78 is 0. The molecule has 1 atom stereocenters. The van der Waals surface area contributed by atoms with E-state index in [0.717, 1.165) is 57.2 Å². The number of carbonyl (C=O) groups excluding carboxylic acids is 2. The Labute approximate surface area is 131 Å². The van der Waals surface area contributed by atoms with Crippen LogP contribution in [-0.4, -0.2) is 46.3 Å². The summed E-state index contributed by atoms with van der Waals surface area (Å²) in [5.74, 6) is 1.67. The first-order valence-electron chi connectivity index (χ1n) is 8.18. The third-order valence-electron chi connectivity index (χ3n) is 5.56. The lowest BCUT2D eigenvalue weighted by Crippen LogP contribution is -2.75. The van der Waals surface area contributed by atoms with Crippen LogP contribution in [0.2, 0.25) is 0 Å². The minimum absolute atomic E-state index is 0.109. The van der Waals surface area contributed by atoms with Gasteiger partial charge in [0.1, 0.15) is 11.1 Å². The summed E-state index contributed by atoms with van der Waals surface area (Å²) in [4.78, 5) is 27.9. The average molecular weight is 310 g/mol. The molecule has 1 N–H and O–H groups in total. The van der Waals surface area contributed by atoms with Crippen LogP contribution in [0, 0.1) is 5.92 Å². The Morgan fingerprint density at radius 1 is 1.29 bits per heavy atom. The maximum absolute atomic E-state index is 13.1. The van der Waals surface area contributed by atoms with Crippen molar-refractivity contribution in [2.45, 2.75) is 62.9 Å². The van der Waals surface area contributed by atoms with E-state index in [-0.39, 0.29) is 11.8 Å². The highest BCUT2D eigenvalue weighted by molar-refractivity contribution is 7.98. The number of carbonyl (C=O) groups is 2. The lowest BCUT2D eigenvalue weighted by Gasteiger charge is -2.50. The third-order valence-corrected chi connectivity index (χ3v) is 6.25. The van der Waals surface area contributed by atoms with E-state index in [4.69, 9.17) is 0 Å². The summed E-state index contributed by atoms with van der Waals surface area (Å²) in [5.41, 5.74) is -1.19. The first-order valence-corrected chi connectivity index (χ1v) is 9.57. The molecule has 118 valence electrons. The Kier molecular flexibility index (Phi) is 3.97. The number of rotatable bonds is 5. The zero-order valence-electron chi connectivity index (χ0n) is 13.1. The van der Waals surface area contributed by atoms with Crippen molar-refractivity contribution in [2.75, 3.05) is 18.6 Å². The van der Waals surface area contributed by atoms with Crippen molar-refractivity contribution in [2.24, 2.45) is 5.92 Å². The number of nitrogens with zero attached hydrogens (tertiary/aromatic N) is 1. The maximum Gasteiger partial charge on any atom is 0.249 e. The van der Waals surface area contributed by atoms with Gasteiger partial charge in [0.05, 0.1) is 0 Å². The van der Waals surface area contributed by atoms with Gasteiger partial charge in [-0.1, -0.05) is 12.8 Å². The largest absolute Gasteiger partial charge is 0.340 e. The second-order valence-electron chi connectivity index (χ2n) is 6.97. The van der Waals surface area contributed by atoms with Crippen molar-refractivity contribution in [3.63, 3.8) is 0 Å². The molecule has 0 aromatic carbocycles. The van der Waals surface area contributed by atoms with Crippen LogP contribution in [0.4, 0.5) is 0 Å². The molecule has 1 saturated heterocycles. The number of nitrogens with one attached hydrogen (secondary N) is 1. The fourth-order valence-corrected chi connectivity index (χ4v) is 4.50. The summed E-state index contributed by atoms with van der Waals surface area (Å²) in [6, 6.07) is 0. The molecule has 1 spiro atoms. The van der Waals surface area contributed by atoms with Crippen LogP contribution in [-0.2, 0) is 9.59 Å². The van der Waals surface area contributed by atoms with Gasteiger partial charge in [0, 0.05) is 6.54 Å². The van der Waals surface area contributed by atoms with E-state index in [2.05, 4.69) is 11.6 Å². The average Bonchev–Trinajstić information content (AvgIpc) is 3.21. The van der Waals surface area contributed by atoms with Gasteiger partial charge < -0.3 is 10.2 Å². The summed E-state index contributed by atoms with van der Waals surface area (Å²) in [6.45, 7) is 2.67. The molecule has 2 amide bonds. The molecule has 1 aliphatic heterocycles. The minimum atomic E-state index is -0.649. The van der Waals surface area contributed by atoms with Crippen molar-refractivity contribution in [1.82, 2.24) is 10.2 Å². The zero-order chi connectivity index (χ0) is 15.1. The highest BCUT2D eigenvalue weighted by Gasteiger charge is 2.61. The first kappa shape index (κ1) is 15.2. The molecule has 3 aliphatic rings. The van der Waals surface area contributed by atoms with Crippen LogP contribution >= 0.6 is 11.8 Å². The van der Waals surface area contributed by atoms with Crippen LogP contribution in [0.15, 0.2) is 0 Å². The van der Waals surface area contributed by atoms with E-state index < -0.39 is 11.1 Å². The molecule has 1 heterocycles. The molecular weight excluding hydrogens is 284 g/mol. The summed E-state index contributed by atoms with van der Waals surface area (Å²) in [7, 11) is 0. The van der Waals surface area contributed by atoms with Crippen LogP contribution in [0.25, 0.3) is 0 Å². The normalized spacial score (nSPS) is 31.8. The molecule has 0 bridgehead atoms. The van der Waals surface area contributed by atoms with Crippen molar-refractivity contribution in [3.05, 3.63) is 0 Å². The smallest absolute Gasteiger partial charge is 0.249 e. The molecule has 3 fully saturated rings. The first-order chi connectivity index (χ1) is 10.0. The summed E-state index contributed by atoms with van der Waals surface area (Å²) >= 11 is 1.80. The predicted octanol–water partition coefficient (Wildman–Crippen LogP) is 2.18. The van der Waals surface area contributed by atoms with Gasteiger partial charge in [0.25, 0.3) is 0 Å². The Bertz CT molecular complexity index is 444. The number of thioether (sulfide) groups is 1. The van der Waals surface area contributed by atoms with E-state index in [1.165, 1.54) is 0 Å². The number of hydrogen-bond donors (Lipinski definition) is 1. The molecule has 2 aliphatic carbocycles. The predicted molar refractivity (Wildman–Crippen MR) is 85.2 cm³/mol. The standard InChI is InChI=1S/C16H26N2O2S/c1-15(12-6-7-12)14(20)18(10-5-11-21-2)16(13(19)17-15)8-3-4-9-16/h12H,3-11H2,1-2H3,(H,17,19). The van der Waals surface area contributed by atoms with Crippen molar-refractivity contribution in [1.29, 1.82) is 0 Å². The third kappa shape index (κ3) is 2.37. The van der Waals surface area contributed by atoms with Gasteiger partial charge in [-0.25, -0.2) is 0 Å². The molecule has 21 heavy (non-hydrogen) atoms. The van der Waals surface area contributed by atoms with Crippen LogP contribution in [0.3, 0.4) is 0 Å². The van der Waals surface area contributed by atoms with E-state index in [1.54, 1.807) is 11.8 Å². The van der Waals surface area contributed by atoms with Gasteiger partial charge >= 0.3 is 0 Å². The van der Waals surface area contributed by atoms with Gasteiger partial charge in [-0.15, -0.1) is 0 Å². The summed E-state index contributed by atoms with van der Waals surface area (Å²) in [5, 5.41) is 3.12. The zero-order valence-corrected chi connectivity index (χ0v) is 13.9. The molecule has 0 aromatic rings. The molecule has 1 unspecified atom stereocenters.